The maximum Gasteiger partial charge on any atom is 0.175 e. The second-order valence-electron chi connectivity index (χ2n) is 5.00. The third-order valence-corrected chi connectivity index (χ3v) is 4.31. The molecular formula is C16H14F2O3S. The van der Waals surface area contributed by atoms with Crippen LogP contribution in [-0.4, -0.2) is 20.5 Å². The van der Waals surface area contributed by atoms with E-state index in [1.165, 1.54) is 12.1 Å². The lowest BCUT2D eigenvalue weighted by molar-refractivity contribution is 0.0982. The van der Waals surface area contributed by atoms with E-state index in [1.54, 1.807) is 12.1 Å². The zero-order chi connectivity index (χ0) is 16.3. The van der Waals surface area contributed by atoms with Gasteiger partial charge in [0, 0.05) is 24.3 Å². The molecule has 0 amide bonds. The highest BCUT2D eigenvalue weighted by molar-refractivity contribution is 7.90. The fourth-order valence-corrected chi connectivity index (χ4v) is 2.65. The van der Waals surface area contributed by atoms with Crippen molar-refractivity contribution < 1.29 is 22.0 Å². The number of Topliss-reactive ketones (excluding diaryl/α,β-unsaturated/α-hetero) is 1. The van der Waals surface area contributed by atoms with Crippen molar-refractivity contribution in [2.75, 3.05) is 6.26 Å². The molecule has 0 aliphatic heterocycles. The van der Waals surface area contributed by atoms with E-state index < -0.39 is 21.5 Å². The van der Waals surface area contributed by atoms with Crippen molar-refractivity contribution in [1.29, 1.82) is 0 Å². The van der Waals surface area contributed by atoms with E-state index in [2.05, 4.69) is 0 Å². The molecule has 0 fully saturated rings. The van der Waals surface area contributed by atoms with Crippen LogP contribution < -0.4 is 0 Å². The molecule has 3 nitrogen and oxygen atoms in total. The minimum Gasteiger partial charge on any atom is -0.294 e. The van der Waals surface area contributed by atoms with E-state index >= 15 is 0 Å². The Bertz CT molecular complexity index is 776. The average Bonchev–Trinajstić information content (AvgIpc) is 2.43. The lowest BCUT2D eigenvalue weighted by Crippen LogP contribution is -2.03. The van der Waals surface area contributed by atoms with Gasteiger partial charge in [-0.1, -0.05) is 12.1 Å². The largest absolute Gasteiger partial charge is 0.294 e. The lowest BCUT2D eigenvalue weighted by Gasteiger charge is -2.04. The molecule has 0 saturated heterocycles. The van der Waals surface area contributed by atoms with Crippen molar-refractivity contribution in [3.8, 4) is 0 Å². The molecule has 0 atom stereocenters. The topological polar surface area (TPSA) is 51.2 Å². The molecule has 0 aliphatic carbocycles. The number of hydrogen-bond donors (Lipinski definition) is 0. The van der Waals surface area contributed by atoms with Gasteiger partial charge in [0.25, 0.3) is 0 Å². The number of sulfone groups is 1. The first-order chi connectivity index (χ1) is 10.3. The van der Waals surface area contributed by atoms with E-state index in [-0.39, 0.29) is 22.7 Å². The van der Waals surface area contributed by atoms with Gasteiger partial charge in [-0.3, -0.25) is 4.79 Å². The molecule has 0 aromatic heterocycles. The van der Waals surface area contributed by atoms with Crippen molar-refractivity contribution in [2.45, 2.75) is 17.7 Å². The van der Waals surface area contributed by atoms with Crippen LogP contribution in [0, 0.1) is 11.6 Å². The highest BCUT2D eigenvalue weighted by Crippen LogP contribution is 2.14. The van der Waals surface area contributed by atoms with Crippen molar-refractivity contribution >= 4 is 15.6 Å². The molecule has 6 heteroatoms. The van der Waals surface area contributed by atoms with Gasteiger partial charge in [0.2, 0.25) is 0 Å². The number of hydrogen-bond acceptors (Lipinski definition) is 3. The van der Waals surface area contributed by atoms with E-state index in [9.17, 15) is 22.0 Å². The number of aryl methyl sites for hydroxylation is 1. The van der Waals surface area contributed by atoms with Crippen LogP contribution in [0.5, 0.6) is 0 Å². The van der Waals surface area contributed by atoms with Gasteiger partial charge in [-0.05, 0) is 36.2 Å². The molecule has 2 aromatic rings. The summed E-state index contributed by atoms with van der Waals surface area (Å²) in [6.07, 6.45) is 1.56. The number of rotatable bonds is 5. The zero-order valence-corrected chi connectivity index (χ0v) is 12.7. The lowest BCUT2D eigenvalue weighted by atomic mass is 10.0. The summed E-state index contributed by atoms with van der Waals surface area (Å²) in [6, 6.07) is 8.89. The van der Waals surface area contributed by atoms with Gasteiger partial charge in [0.1, 0.15) is 11.6 Å². The second-order valence-corrected chi connectivity index (χ2v) is 7.01. The first kappa shape index (κ1) is 16.3. The summed E-state index contributed by atoms with van der Waals surface area (Å²) in [4.78, 5) is 12.1. The fraction of sp³-hybridized carbons (Fsp3) is 0.188. The molecule has 0 spiro atoms. The van der Waals surface area contributed by atoms with Gasteiger partial charge >= 0.3 is 0 Å². The van der Waals surface area contributed by atoms with Gasteiger partial charge in [0.15, 0.2) is 15.6 Å². The highest BCUT2D eigenvalue weighted by Gasteiger charge is 2.10. The standard InChI is InChI=1S/C16H14F2O3S/c1-22(20,21)15-5-2-11(3-6-15)4-7-16(19)12-8-13(17)10-14(18)9-12/h2-3,5-6,8-10H,4,7H2,1H3. The number of carbonyl (C=O) groups is 1. The maximum atomic E-state index is 13.1. The Morgan fingerprint density at radius 2 is 1.55 bits per heavy atom. The van der Waals surface area contributed by atoms with Crippen LogP contribution in [0.25, 0.3) is 0 Å². The Morgan fingerprint density at radius 3 is 2.05 bits per heavy atom. The molecule has 0 saturated carbocycles. The molecule has 2 rings (SSSR count). The molecule has 0 bridgehead atoms. The van der Waals surface area contributed by atoms with E-state index in [0.29, 0.717) is 12.5 Å². The van der Waals surface area contributed by atoms with Gasteiger partial charge < -0.3 is 0 Å². The summed E-state index contributed by atoms with van der Waals surface area (Å²) in [7, 11) is -3.25. The van der Waals surface area contributed by atoms with Crippen LogP contribution in [0.2, 0.25) is 0 Å². The number of halogens is 2. The van der Waals surface area contributed by atoms with E-state index in [0.717, 1.165) is 24.0 Å². The SMILES string of the molecule is CS(=O)(=O)c1ccc(CCC(=O)c2cc(F)cc(F)c2)cc1. The highest BCUT2D eigenvalue weighted by atomic mass is 32.2. The smallest absolute Gasteiger partial charge is 0.175 e. The predicted molar refractivity (Wildman–Crippen MR) is 78.6 cm³/mol. The van der Waals surface area contributed by atoms with E-state index in [1.807, 2.05) is 0 Å². The molecular weight excluding hydrogens is 310 g/mol. The van der Waals surface area contributed by atoms with Crippen LogP contribution in [0.1, 0.15) is 22.3 Å². The Hall–Kier alpha value is -2.08. The molecule has 0 unspecified atom stereocenters. The van der Waals surface area contributed by atoms with Crippen LogP contribution in [0.3, 0.4) is 0 Å². The van der Waals surface area contributed by atoms with Gasteiger partial charge in [0.05, 0.1) is 4.90 Å². The normalized spacial score (nSPS) is 11.4. The van der Waals surface area contributed by atoms with Crippen molar-refractivity contribution in [1.82, 2.24) is 0 Å². The average molecular weight is 324 g/mol. The summed E-state index contributed by atoms with van der Waals surface area (Å²) in [5, 5.41) is 0. The summed E-state index contributed by atoms with van der Waals surface area (Å²) in [6.45, 7) is 0. The zero-order valence-electron chi connectivity index (χ0n) is 11.8. The summed E-state index contributed by atoms with van der Waals surface area (Å²) in [5.41, 5.74) is 0.767. The molecule has 2 aromatic carbocycles. The molecule has 0 aliphatic rings. The van der Waals surface area contributed by atoms with Crippen LogP contribution in [0.15, 0.2) is 47.4 Å². The predicted octanol–water partition coefficient (Wildman–Crippen LogP) is 3.18. The Balaban J connectivity index is 2.05. The molecule has 0 radical (unpaired) electrons. The van der Waals surface area contributed by atoms with Crippen molar-refractivity contribution in [3.63, 3.8) is 0 Å². The summed E-state index contributed by atoms with van der Waals surface area (Å²) < 4.78 is 48.8. The third-order valence-electron chi connectivity index (χ3n) is 3.18. The number of benzene rings is 2. The van der Waals surface area contributed by atoms with Crippen LogP contribution in [-0.2, 0) is 16.3 Å². The molecule has 22 heavy (non-hydrogen) atoms. The first-order valence-electron chi connectivity index (χ1n) is 6.54. The van der Waals surface area contributed by atoms with Crippen molar-refractivity contribution in [2.24, 2.45) is 0 Å². The Kier molecular flexibility index (Phi) is 4.71. The molecule has 116 valence electrons. The van der Waals surface area contributed by atoms with Crippen molar-refractivity contribution in [3.05, 3.63) is 65.2 Å². The first-order valence-corrected chi connectivity index (χ1v) is 8.43. The Morgan fingerprint density at radius 1 is 1.00 bits per heavy atom. The maximum absolute atomic E-state index is 13.1. The minimum atomic E-state index is -3.25. The van der Waals surface area contributed by atoms with Crippen LogP contribution in [0.4, 0.5) is 8.78 Å². The second kappa shape index (κ2) is 6.36. The van der Waals surface area contributed by atoms with Gasteiger partial charge in [-0.25, -0.2) is 17.2 Å². The monoisotopic (exact) mass is 324 g/mol. The van der Waals surface area contributed by atoms with Crippen LogP contribution >= 0.6 is 0 Å². The van der Waals surface area contributed by atoms with Gasteiger partial charge in [-0.2, -0.15) is 0 Å². The molecule has 0 N–H and O–H groups in total. The summed E-state index contributed by atoms with van der Waals surface area (Å²) >= 11 is 0. The quantitative estimate of drug-likeness (QED) is 0.794. The number of ketones is 1. The number of carbonyl (C=O) groups excluding carboxylic acids is 1. The molecule has 0 heterocycles. The third kappa shape index (κ3) is 4.21. The van der Waals surface area contributed by atoms with E-state index in [4.69, 9.17) is 0 Å². The summed E-state index contributed by atoms with van der Waals surface area (Å²) in [5.74, 6) is -1.95. The fourth-order valence-electron chi connectivity index (χ4n) is 2.02. The Labute approximate surface area is 127 Å². The van der Waals surface area contributed by atoms with Gasteiger partial charge in [-0.15, -0.1) is 0 Å². The minimum absolute atomic E-state index is 0.00902.